The van der Waals surface area contributed by atoms with E-state index in [4.69, 9.17) is 15.3 Å². The maximum Gasteiger partial charge on any atom is 0.263 e. The van der Waals surface area contributed by atoms with Gasteiger partial charge in [-0.15, -0.1) is 0 Å². The first kappa shape index (κ1) is 14.8. The summed E-state index contributed by atoms with van der Waals surface area (Å²) in [5, 5.41) is 0. The predicted molar refractivity (Wildman–Crippen MR) is 72.1 cm³/mol. The van der Waals surface area contributed by atoms with E-state index in [0.717, 1.165) is 37.5 Å². The van der Waals surface area contributed by atoms with Gasteiger partial charge in [-0.3, -0.25) is 10.2 Å². The van der Waals surface area contributed by atoms with Crippen molar-refractivity contribution < 1.29 is 14.3 Å². The molecule has 1 amide bonds. The minimum atomic E-state index is -0.400. The van der Waals surface area contributed by atoms with Gasteiger partial charge in [0.25, 0.3) is 5.91 Å². The zero-order valence-corrected chi connectivity index (χ0v) is 11.9. The van der Waals surface area contributed by atoms with Gasteiger partial charge in [-0.05, 0) is 43.9 Å². The molecule has 0 aromatic rings. The van der Waals surface area contributed by atoms with Crippen molar-refractivity contribution in [3.8, 4) is 0 Å². The van der Waals surface area contributed by atoms with Crippen LogP contribution in [0.4, 0.5) is 0 Å². The molecule has 4 atom stereocenters. The van der Waals surface area contributed by atoms with Crippen molar-refractivity contribution in [2.75, 3.05) is 6.61 Å². The molecule has 1 saturated heterocycles. The molecule has 3 N–H and O–H groups in total. The van der Waals surface area contributed by atoms with Gasteiger partial charge in [0, 0.05) is 0 Å². The van der Waals surface area contributed by atoms with Crippen LogP contribution in [-0.4, -0.2) is 30.8 Å². The standard InChI is InChI=1S/C14H26N2O3/c1-9-5-10(2)7-12(6-9)18-8-11-3-4-13(19-11)14(17)16-15/h9-13H,3-8,15H2,1-2H3,(H,16,17). The molecule has 0 bridgehead atoms. The average molecular weight is 270 g/mol. The lowest BCUT2D eigenvalue weighted by molar-refractivity contribution is -0.134. The largest absolute Gasteiger partial charge is 0.376 e. The Bertz CT molecular complexity index is 301. The van der Waals surface area contributed by atoms with Crippen LogP contribution >= 0.6 is 0 Å². The Hall–Kier alpha value is -0.650. The maximum atomic E-state index is 11.3. The fourth-order valence-corrected chi connectivity index (χ4v) is 3.37. The Morgan fingerprint density at radius 3 is 2.58 bits per heavy atom. The van der Waals surface area contributed by atoms with Crippen LogP contribution in [0.1, 0.15) is 46.0 Å². The highest BCUT2D eigenvalue weighted by atomic mass is 16.5. The second-order valence-corrected chi connectivity index (χ2v) is 6.21. The van der Waals surface area contributed by atoms with E-state index in [0.29, 0.717) is 12.7 Å². The van der Waals surface area contributed by atoms with Crippen molar-refractivity contribution in [1.29, 1.82) is 0 Å². The maximum absolute atomic E-state index is 11.3. The van der Waals surface area contributed by atoms with Gasteiger partial charge in [-0.2, -0.15) is 0 Å². The molecule has 19 heavy (non-hydrogen) atoms. The molecule has 110 valence electrons. The molecular weight excluding hydrogens is 244 g/mol. The number of ether oxygens (including phenoxy) is 2. The third kappa shape index (κ3) is 4.16. The van der Waals surface area contributed by atoms with E-state index in [-0.39, 0.29) is 12.0 Å². The van der Waals surface area contributed by atoms with Gasteiger partial charge < -0.3 is 9.47 Å². The van der Waals surface area contributed by atoms with E-state index in [1.807, 2.05) is 0 Å². The fourth-order valence-electron chi connectivity index (χ4n) is 3.37. The molecule has 4 unspecified atom stereocenters. The molecule has 2 rings (SSSR count). The monoisotopic (exact) mass is 270 g/mol. The minimum Gasteiger partial charge on any atom is -0.376 e. The summed E-state index contributed by atoms with van der Waals surface area (Å²) >= 11 is 0. The van der Waals surface area contributed by atoms with E-state index < -0.39 is 6.10 Å². The van der Waals surface area contributed by atoms with Crippen LogP contribution in [0.25, 0.3) is 0 Å². The van der Waals surface area contributed by atoms with Crippen LogP contribution in [-0.2, 0) is 14.3 Å². The summed E-state index contributed by atoms with van der Waals surface area (Å²) in [7, 11) is 0. The highest BCUT2D eigenvalue weighted by molar-refractivity contribution is 5.80. The molecule has 1 heterocycles. The van der Waals surface area contributed by atoms with Gasteiger partial charge in [0.05, 0.1) is 18.8 Å². The van der Waals surface area contributed by atoms with Crippen LogP contribution in [0.5, 0.6) is 0 Å². The van der Waals surface area contributed by atoms with Crippen LogP contribution in [0, 0.1) is 11.8 Å². The van der Waals surface area contributed by atoms with Crippen molar-refractivity contribution in [3.63, 3.8) is 0 Å². The number of rotatable bonds is 4. The van der Waals surface area contributed by atoms with Crippen LogP contribution in [0.3, 0.4) is 0 Å². The number of hydrogen-bond donors (Lipinski definition) is 2. The van der Waals surface area contributed by atoms with E-state index in [2.05, 4.69) is 19.3 Å². The van der Waals surface area contributed by atoms with E-state index in [1.54, 1.807) is 0 Å². The molecule has 0 aromatic carbocycles. The Morgan fingerprint density at radius 1 is 1.26 bits per heavy atom. The molecule has 0 spiro atoms. The summed E-state index contributed by atoms with van der Waals surface area (Å²) in [4.78, 5) is 11.3. The Kier molecular flexibility index (Phi) is 5.19. The lowest BCUT2D eigenvalue weighted by Crippen LogP contribution is -2.39. The smallest absolute Gasteiger partial charge is 0.263 e. The third-order valence-corrected chi connectivity index (χ3v) is 4.20. The highest BCUT2D eigenvalue weighted by Crippen LogP contribution is 2.31. The normalized spacial score (nSPS) is 39.2. The van der Waals surface area contributed by atoms with Gasteiger partial charge in [0.15, 0.2) is 0 Å². The molecule has 5 heteroatoms. The molecule has 0 aromatic heterocycles. The molecule has 0 radical (unpaired) electrons. The molecule has 2 fully saturated rings. The number of hydrogen-bond acceptors (Lipinski definition) is 4. The topological polar surface area (TPSA) is 73.6 Å². The number of nitrogens with one attached hydrogen (secondary N) is 1. The SMILES string of the molecule is CC1CC(C)CC(OCC2CCC(C(=O)NN)O2)C1. The molecule has 5 nitrogen and oxygen atoms in total. The first-order valence-corrected chi connectivity index (χ1v) is 7.36. The summed E-state index contributed by atoms with van der Waals surface area (Å²) in [5.41, 5.74) is 2.14. The molecule has 1 aliphatic carbocycles. The zero-order valence-electron chi connectivity index (χ0n) is 11.9. The zero-order chi connectivity index (χ0) is 13.8. The first-order chi connectivity index (χ1) is 9.08. The quantitative estimate of drug-likeness (QED) is 0.459. The summed E-state index contributed by atoms with van der Waals surface area (Å²) < 4.78 is 11.6. The van der Waals surface area contributed by atoms with Crippen molar-refractivity contribution >= 4 is 5.91 Å². The number of carbonyl (C=O) groups is 1. The van der Waals surface area contributed by atoms with Crippen molar-refractivity contribution in [1.82, 2.24) is 5.43 Å². The van der Waals surface area contributed by atoms with Crippen LogP contribution in [0.2, 0.25) is 0 Å². The van der Waals surface area contributed by atoms with Gasteiger partial charge in [-0.1, -0.05) is 13.8 Å². The van der Waals surface area contributed by atoms with E-state index >= 15 is 0 Å². The minimum absolute atomic E-state index is 0.0369. The molecule has 1 aliphatic heterocycles. The van der Waals surface area contributed by atoms with Crippen molar-refractivity contribution in [2.24, 2.45) is 17.7 Å². The molecule has 1 saturated carbocycles. The van der Waals surface area contributed by atoms with E-state index in [1.165, 1.54) is 6.42 Å². The Balaban J connectivity index is 1.70. The molecule has 2 aliphatic rings. The number of nitrogens with two attached hydrogens (primary N) is 1. The van der Waals surface area contributed by atoms with Gasteiger partial charge in [0.1, 0.15) is 6.10 Å². The summed E-state index contributed by atoms with van der Waals surface area (Å²) in [6, 6.07) is 0. The number of hydrazine groups is 1. The summed E-state index contributed by atoms with van der Waals surface area (Å²) in [5.74, 6) is 6.36. The Labute approximate surface area is 115 Å². The Morgan fingerprint density at radius 2 is 1.95 bits per heavy atom. The lowest BCUT2D eigenvalue weighted by atomic mass is 9.82. The number of amides is 1. The molecular formula is C14H26N2O3. The predicted octanol–water partition coefficient (Wildman–Crippen LogP) is 1.37. The van der Waals surface area contributed by atoms with Gasteiger partial charge in [-0.25, -0.2) is 5.84 Å². The second kappa shape index (κ2) is 6.68. The second-order valence-electron chi connectivity index (χ2n) is 6.21. The van der Waals surface area contributed by atoms with Gasteiger partial charge in [0.2, 0.25) is 0 Å². The average Bonchev–Trinajstić information content (AvgIpc) is 2.83. The van der Waals surface area contributed by atoms with E-state index in [9.17, 15) is 4.79 Å². The first-order valence-electron chi connectivity index (χ1n) is 7.36. The number of carbonyl (C=O) groups excluding carboxylic acids is 1. The van der Waals surface area contributed by atoms with Crippen LogP contribution in [0.15, 0.2) is 0 Å². The summed E-state index contributed by atoms with van der Waals surface area (Å²) in [6.07, 6.45) is 5.18. The van der Waals surface area contributed by atoms with Crippen molar-refractivity contribution in [3.05, 3.63) is 0 Å². The lowest BCUT2D eigenvalue weighted by Gasteiger charge is -2.32. The summed E-state index contributed by atoms with van der Waals surface area (Å²) in [6.45, 7) is 5.18. The van der Waals surface area contributed by atoms with Gasteiger partial charge >= 0.3 is 0 Å². The third-order valence-electron chi connectivity index (χ3n) is 4.20. The van der Waals surface area contributed by atoms with Crippen molar-refractivity contribution in [2.45, 2.75) is 64.3 Å². The fraction of sp³-hybridized carbons (Fsp3) is 0.929. The van der Waals surface area contributed by atoms with Crippen LogP contribution < -0.4 is 11.3 Å². The highest BCUT2D eigenvalue weighted by Gasteiger charge is 2.32.